The van der Waals surface area contributed by atoms with Crippen LogP contribution in [0.3, 0.4) is 0 Å². The van der Waals surface area contributed by atoms with E-state index in [1.165, 1.54) is 4.88 Å². The summed E-state index contributed by atoms with van der Waals surface area (Å²) in [7, 11) is 1.67. The van der Waals surface area contributed by atoms with Crippen LogP contribution in [0.15, 0.2) is 12.1 Å². The molecule has 1 unspecified atom stereocenters. The highest BCUT2D eigenvalue weighted by Crippen LogP contribution is 2.27. The second-order valence-corrected chi connectivity index (χ2v) is 7.17. The first-order valence-electron chi connectivity index (χ1n) is 7.93. The third-order valence-electron chi connectivity index (χ3n) is 4.12. The van der Waals surface area contributed by atoms with E-state index in [0.29, 0.717) is 13.2 Å². The highest BCUT2D eigenvalue weighted by molar-refractivity contribution is 7.13. The van der Waals surface area contributed by atoms with Crippen LogP contribution in [0, 0.1) is 6.92 Å². The first kappa shape index (κ1) is 16.1. The Morgan fingerprint density at radius 2 is 2.39 bits per heavy atom. The first-order chi connectivity index (χ1) is 11.2. The van der Waals surface area contributed by atoms with Crippen molar-refractivity contribution >= 4 is 17.2 Å². The Bertz CT molecular complexity index is 667. The molecule has 6 nitrogen and oxygen atoms in total. The number of H-pyrrole nitrogens is 1. The summed E-state index contributed by atoms with van der Waals surface area (Å²) in [5, 5.41) is 7.31. The number of aromatic nitrogens is 3. The largest absolute Gasteiger partial charge is 0.384 e. The van der Waals surface area contributed by atoms with E-state index in [-0.39, 0.29) is 11.8 Å². The molecule has 1 atom stereocenters. The number of nitrogens with one attached hydrogen (secondary N) is 1. The van der Waals surface area contributed by atoms with E-state index in [4.69, 9.17) is 4.74 Å². The van der Waals surface area contributed by atoms with Crippen molar-refractivity contribution in [1.82, 2.24) is 20.1 Å². The molecule has 0 saturated carbocycles. The lowest BCUT2D eigenvalue weighted by molar-refractivity contribution is 0.0709. The fourth-order valence-electron chi connectivity index (χ4n) is 2.88. The average molecular weight is 334 g/mol. The summed E-state index contributed by atoms with van der Waals surface area (Å²) in [5.74, 6) is 2.00. The van der Waals surface area contributed by atoms with Gasteiger partial charge in [0.05, 0.1) is 11.5 Å². The molecule has 0 bridgehead atoms. The van der Waals surface area contributed by atoms with Crippen LogP contribution in [0.25, 0.3) is 0 Å². The topological polar surface area (TPSA) is 71.1 Å². The number of rotatable bonds is 5. The van der Waals surface area contributed by atoms with Crippen molar-refractivity contribution in [2.45, 2.75) is 32.1 Å². The molecule has 1 saturated heterocycles. The van der Waals surface area contributed by atoms with Crippen LogP contribution in [0.1, 0.15) is 45.0 Å². The fraction of sp³-hybridized carbons (Fsp3) is 0.562. The number of aromatic amines is 1. The molecule has 1 aliphatic rings. The minimum Gasteiger partial charge on any atom is -0.384 e. The van der Waals surface area contributed by atoms with Crippen LogP contribution in [0.5, 0.6) is 0 Å². The highest BCUT2D eigenvalue weighted by atomic mass is 32.1. The Hall–Kier alpha value is -1.73. The van der Waals surface area contributed by atoms with Gasteiger partial charge in [0.2, 0.25) is 0 Å². The van der Waals surface area contributed by atoms with Crippen molar-refractivity contribution in [2.75, 3.05) is 26.8 Å². The van der Waals surface area contributed by atoms with Crippen LogP contribution < -0.4 is 0 Å². The van der Waals surface area contributed by atoms with Crippen molar-refractivity contribution in [3.05, 3.63) is 33.5 Å². The number of aryl methyl sites for hydroxylation is 1. The van der Waals surface area contributed by atoms with Crippen molar-refractivity contribution in [2.24, 2.45) is 0 Å². The number of nitrogens with zero attached hydrogens (tertiary/aromatic N) is 3. The van der Waals surface area contributed by atoms with Gasteiger partial charge in [0, 0.05) is 37.4 Å². The van der Waals surface area contributed by atoms with Gasteiger partial charge in [-0.15, -0.1) is 11.3 Å². The number of thiophene rings is 1. The van der Waals surface area contributed by atoms with E-state index >= 15 is 0 Å². The third kappa shape index (κ3) is 3.79. The predicted octanol–water partition coefficient (Wildman–Crippen LogP) is 2.38. The molecule has 1 N–H and O–H groups in total. The summed E-state index contributed by atoms with van der Waals surface area (Å²) >= 11 is 1.56. The van der Waals surface area contributed by atoms with E-state index in [1.807, 2.05) is 24.0 Å². The van der Waals surface area contributed by atoms with Gasteiger partial charge < -0.3 is 9.64 Å². The second kappa shape index (κ2) is 7.23. The van der Waals surface area contributed by atoms with Crippen molar-refractivity contribution in [3.8, 4) is 0 Å². The predicted molar refractivity (Wildman–Crippen MR) is 88.9 cm³/mol. The average Bonchev–Trinajstić information content (AvgIpc) is 3.21. The Morgan fingerprint density at radius 1 is 1.52 bits per heavy atom. The van der Waals surface area contributed by atoms with E-state index in [2.05, 4.69) is 15.2 Å². The van der Waals surface area contributed by atoms with Gasteiger partial charge in [0.15, 0.2) is 5.82 Å². The summed E-state index contributed by atoms with van der Waals surface area (Å²) < 4.78 is 5.06. The maximum Gasteiger partial charge on any atom is 0.263 e. The summed E-state index contributed by atoms with van der Waals surface area (Å²) in [4.78, 5) is 21.1. The zero-order chi connectivity index (χ0) is 16.2. The number of hydrogen-bond donors (Lipinski definition) is 1. The fourth-order valence-corrected chi connectivity index (χ4v) is 3.72. The summed E-state index contributed by atoms with van der Waals surface area (Å²) in [6.07, 6.45) is 2.74. The van der Waals surface area contributed by atoms with E-state index in [0.717, 1.165) is 42.3 Å². The number of ether oxygens (including phenoxy) is 1. The van der Waals surface area contributed by atoms with Crippen LogP contribution >= 0.6 is 11.3 Å². The Kier molecular flexibility index (Phi) is 5.07. The molecule has 0 aliphatic carbocycles. The summed E-state index contributed by atoms with van der Waals surface area (Å²) in [5.41, 5.74) is 0. The van der Waals surface area contributed by atoms with E-state index < -0.39 is 0 Å². The first-order valence-corrected chi connectivity index (χ1v) is 8.75. The quantitative estimate of drug-likeness (QED) is 0.911. The molecule has 23 heavy (non-hydrogen) atoms. The van der Waals surface area contributed by atoms with Gasteiger partial charge in [-0.25, -0.2) is 4.98 Å². The number of methoxy groups -OCH3 is 1. The molecular formula is C16H22N4O2S. The number of piperidine rings is 1. The molecular weight excluding hydrogens is 312 g/mol. The third-order valence-corrected chi connectivity index (χ3v) is 5.11. The molecule has 1 amide bonds. The maximum absolute atomic E-state index is 12.6. The molecule has 0 spiro atoms. The van der Waals surface area contributed by atoms with Gasteiger partial charge in [-0.2, -0.15) is 5.10 Å². The number of amides is 1. The highest BCUT2D eigenvalue weighted by Gasteiger charge is 2.28. The zero-order valence-corrected chi connectivity index (χ0v) is 14.4. The number of hydrogen-bond acceptors (Lipinski definition) is 5. The summed E-state index contributed by atoms with van der Waals surface area (Å²) in [6, 6.07) is 3.91. The van der Waals surface area contributed by atoms with Crippen LogP contribution in [-0.2, 0) is 11.2 Å². The molecule has 1 fully saturated rings. The lowest BCUT2D eigenvalue weighted by Crippen LogP contribution is -2.39. The van der Waals surface area contributed by atoms with Gasteiger partial charge in [-0.3, -0.25) is 9.89 Å². The van der Waals surface area contributed by atoms with Gasteiger partial charge in [-0.1, -0.05) is 0 Å². The molecule has 2 aromatic rings. The number of likely N-dealkylation sites (tertiary alicyclic amines) is 1. The number of carbonyl (C=O) groups is 1. The SMILES string of the molecule is COCCc1nc(C2CCCN(C(=O)c3ccc(C)s3)C2)n[nH]1. The molecule has 3 rings (SSSR count). The molecule has 0 radical (unpaired) electrons. The van der Waals surface area contributed by atoms with Crippen molar-refractivity contribution in [3.63, 3.8) is 0 Å². The monoisotopic (exact) mass is 334 g/mol. The van der Waals surface area contributed by atoms with Gasteiger partial charge in [-0.05, 0) is 31.9 Å². The minimum atomic E-state index is 0.128. The van der Waals surface area contributed by atoms with Crippen molar-refractivity contribution in [1.29, 1.82) is 0 Å². The minimum absolute atomic E-state index is 0.128. The zero-order valence-electron chi connectivity index (χ0n) is 13.5. The van der Waals surface area contributed by atoms with Crippen molar-refractivity contribution < 1.29 is 9.53 Å². The maximum atomic E-state index is 12.6. The standard InChI is InChI=1S/C16H22N4O2S/c1-11-5-6-13(23-11)16(21)20-8-3-4-12(10-20)15-17-14(18-19-15)7-9-22-2/h5-6,12H,3-4,7-10H2,1-2H3,(H,17,18,19). The van der Waals surface area contributed by atoms with E-state index in [9.17, 15) is 4.79 Å². The summed E-state index contributed by atoms with van der Waals surface area (Å²) in [6.45, 7) is 4.15. The lowest BCUT2D eigenvalue weighted by Gasteiger charge is -2.31. The molecule has 3 heterocycles. The smallest absolute Gasteiger partial charge is 0.263 e. The molecule has 2 aromatic heterocycles. The van der Waals surface area contributed by atoms with E-state index in [1.54, 1.807) is 18.4 Å². The molecule has 1 aliphatic heterocycles. The molecule has 7 heteroatoms. The Morgan fingerprint density at radius 3 is 3.13 bits per heavy atom. The Labute approximate surface area is 139 Å². The van der Waals surface area contributed by atoms with Gasteiger partial charge >= 0.3 is 0 Å². The van der Waals surface area contributed by atoms with Crippen LogP contribution in [-0.4, -0.2) is 52.8 Å². The second-order valence-electron chi connectivity index (χ2n) is 5.88. The molecule has 124 valence electrons. The van der Waals surface area contributed by atoms with Gasteiger partial charge in [0.25, 0.3) is 5.91 Å². The lowest BCUT2D eigenvalue weighted by atomic mass is 9.97. The van der Waals surface area contributed by atoms with Gasteiger partial charge in [0.1, 0.15) is 5.82 Å². The van der Waals surface area contributed by atoms with Crippen LogP contribution in [0.4, 0.5) is 0 Å². The Balaban J connectivity index is 1.66. The molecule has 0 aromatic carbocycles. The van der Waals surface area contributed by atoms with Crippen LogP contribution in [0.2, 0.25) is 0 Å². The number of carbonyl (C=O) groups excluding carboxylic acids is 1. The normalized spacial score (nSPS) is 18.3.